The van der Waals surface area contributed by atoms with Crippen LogP contribution >= 0.6 is 0 Å². The predicted molar refractivity (Wildman–Crippen MR) is 51.2 cm³/mol. The van der Waals surface area contributed by atoms with Gasteiger partial charge in [0.05, 0.1) is 6.61 Å². The van der Waals surface area contributed by atoms with Gasteiger partial charge in [-0.1, -0.05) is 18.2 Å². The molecule has 4 heteroatoms. The first-order valence-electron chi connectivity index (χ1n) is 4.61. The van der Waals surface area contributed by atoms with Crippen LogP contribution in [0.4, 0.5) is 0 Å². The molecule has 4 nitrogen and oxygen atoms in total. The van der Waals surface area contributed by atoms with Gasteiger partial charge in [-0.25, -0.2) is 0 Å². The quantitative estimate of drug-likeness (QED) is 0.543. The van der Waals surface area contributed by atoms with Crippen LogP contribution in [0.15, 0.2) is 24.3 Å². The van der Waals surface area contributed by atoms with Crippen LogP contribution in [0.5, 0.6) is 5.75 Å². The number of hydrogen-bond acceptors (Lipinski definition) is 3. The van der Waals surface area contributed by atoms with E-state index in [1.165, 1.54) is 0 Å². The number of nitro groups is 1. The van der Waals surface area contributed by atoms with Gasteiger partial charge in [0.2, 0.25) is 6.54 Å². The van der Waals surface area contributed by atoms with Gasteiger partial charge >= 0.3 is 0 Å². The van der Waals surface area contributed by atoms with Crippen molar-refractivity contribution in [2.45, 2.75) is 12.3 Å². The second-order valence-corrected chi connectivity index (χ2v) is 3.39. The van der Waals surface area contributed by atoms with E-state index in [-0.39, 0.29) is 17.4 Å². The Morgan fingerprint density at radius 1 is 1.50 bits per heavy atom. The Bertz CT molecular complexity index is 351. The van der Waals surface area contributed by atoms with E-state index in [0.29, 0.717) is 13.0 Å². The summed E-state index contributed by atoms with van der Waals surface area (Å²) < 4.78 is 5.42. The lowest BCUT2D eigenvalue weighted by Crippen LogP contribution is -2.08. The molecule has 1 heterocycles. The van der Waals surface area contributed by atoms with Gasteiger partial charge in [0.25, 0.3) is 0 Å². The first-order valence-corrected chi connectivity index (χ1v) is 4.61. The molecule has 0 bridgehead atoms. The van der Waals surface area contributed by atoms with Gasteiger partial charge in [-0.05, 0) is 6.07 Å². The van der Waals surface area contributed by atoms with E-state index in [1.807, 2.05) is 24.3 Å². The molecule has 0 spiro atoms. The minimum absolute atomic E-state index is 0.0162. The van der Waals surface area contributed by atoms with E-state index in [9.17, 15) is 10.1 Å². The molecule has 0 saturated carbocycles. The molecule has 0 radical (unpaired) electrons. The van der Waals surface area contributed by atoms with Crippen molar-refractivity contribution >= 4 is 0 Å². The van der Waals surface area contributed by atoms with Gasteiger partial charge in [-0.3, -0.25) is 10.1 Å². The fourth-order valence-electron chi connectivity index (χ4n) is 1.73. The zero-order valence-corrected chi connectivity index (χ0v) is 7.68. The average molecular weight is 193 g/mol. The minimum Gasteiger partial charge on any atom is -0.493 e. The van der Waals surface area contributed by atoms with Crippen molar-refractivity contribution in [1.82, 2.24) is 0 Å². The summed E-state index contributed by atoms with van der Waals surface area (Å²) in [5.41, 5.74) is 1.11. The van der Waals surface area contributed by atoms with Crippen molar-refractivity contribution in [3.8, 4) is 5.75 Å². The zero-order valence-electron chi connectivity index (χ0n) is 7.68. The lowest BCUT2D eigenvalue weighted by atomic mass is 9.98. The van der Waals surface area contributed by atoms with Crippen molar-refractivity contribution in [2.75, 3.05) is 13.2 Å². The normalized spacial score (nSPS) is 18.7. The van der Waals surface area contributed by atoms with Crippen LogP contribution in [0.3, 0.4) is 0 Å². The van der Waals surface area contributed by atoms with Gasteiger partial charge < -0.3 is 4.74 Å². The van der Waals surface area contributed by atoms with Gasteiger partial charge in [0.15, 0.2) is 0 Å². The SMILES string of the molecule is O=[N+]([O-])CCC1COc2ccccc21. The van der Waals surface area contributed by atoms with Gasteiger partial charge in [-0.15, -0.1) is 0 Å². The fraction of sp³-hybridized carbons (Fsp3) is 0.400. The Morgan fingerprint density at radius 3 is 3.07 bits per heavy atom. The first kappa shape index (κ1) is 8.99. The molecule has 74 valence electrons. The largest absolute Gasteiger partial charge is 0.493 e. The molecule has 0 saturated heterocycles. The van der Waals surface area contributed by atoms with Crippen molar-refractivity contribution < 1.29 is 9.66 Å². The number of benzene rings is 1. The molecular formula is C10H11NO3. The van der Waals surface area contributed by atoms with Crippen LogP contribution in [-0.4, -0.2) is 18.1 Å². The Morgan fingerprint density at radius 2 is 2.29 bits per heavy atom. The second-order valence-electron chi connectivity index (χ2n) is 3.39. The summed E-state index contributed by atoms with van der Waals surface area (Å²) in [6.07, 6.45) is 0.560. The van der Waals surface area contributed by atoms with Crippen LogP contribution in [-0.2, 0) is 0 Å². The third-order valence-corrected chi connectivity index (χ3v) is 2.46. The maximum Gasteiger partial charge on any atom is 0.204 e. The number of ether oxygens (including phenoxy) is 1. The van der Waals surface area contributed by atoms with Crippen molar-refractivity contribution in [2.24, 2.45) is 0 Å². The Hall–Kier alpha value is -1.58. The highest BCUT2D eigenvalue weighted by molar-refractivity contribution is 5.39. The number of rotatable bonds is 3. The highest BCUT2D eigenvalue weighted by atomic mass is 16.6. The Kier molecular flexibility index (Phi) is 2.35. The van der Waals surface area contributed by atoms with Gasteiger partial charge in [0.1, 0.15) is 5.75 Å². The van der Waals surface area contributed by atoms with Gasteiger partial charge in [0, 0.05) is 22.8 Å². The summed E-state index contributed by atoms with van der Waals surface area (Å²) in [6, 6.07) is 7.73. The van der Waals surface area contributed by atoms with Crippen molar-refractivity contribution in [3.05, 3.63) is 39.9 Å². The van der Waals surface area contributed by atoms with E-state index in [4.69, 9.17) is 4.74 Å². The average Bonchev–Trinajstić information content (AvgIpc) is 2.58. The van der Waals surface area contributed by atoms with E-state index in [2.05, 4.69) is 0 Å². The van der Waals surface area contributed by atoms with Crippen LogP contribution in [0.2, 0.25) is 0 Å². The number of para-hydroxylation sites is 1. The summed E-state index contributed by atoms with van der Waals surface area (Å²) >= 11 is 0. The molecule has 1 aliphatic rings. The first-order chi connectivity index (χ1) is 6.77. The summed E-state index contributed by atoms with van der Waals surface area (Å²) in [5, 5.41) is 10.2. The van der Waals surface area contributed by atoms with Crippen LogP contribution in [0.25, 0.3) is 0 Å². The third-order valence-electron chi connectivity index (χ3n) is 2.46. The minimum atomic E-state index is -0.277. The maximum atomic E-state index is 10.2. The molecule has 0 N–H and O–H groups in total. The Balaban J connectivity index is 2.07. The van der Waals surface area contributed by atoms with Crippen molar-refractivity contribution in [3.63, 3.8) is 0 Å². The molecule has 1 unspecified atom stereocenters. The van der Waals surface area contributed by atoms with E-state index in [0.717, 1.165) is 11.3 Å². The monoisotopic (exact) mass is 193 g/mol. The zero-order chi connectivity index (χ0) is 9.97. The lowest BCUT2D eigenvalue weighted by molar-refractivity contribution is -0.480. The Labute approximate surface area is 81.7 Å². The number of nitrogens with zero attached hydrogens (tertiary/aromatic N) is 1. The van der Waals surface area contributed by atoms with E-state index >= 15 is 0 Å². The molecule has 1 aromatic carbocycles. The highest BCUT2D eigenvalue weighted by Crippen LogP contribution is 2.35. The van der Waals surface area contributed by atoms with Crippen molar-refractivity contribution in [1.29, 1.82) is 0 Å². The van der Waals surface area contributed by atoms with E-state index in [1.54, 1.807) is 0 Å². The molecule has 0 amide bonds. The van der Waals surface area contributed by atoms with Gasteiger partial charge in [-0.2, -0.15) is 0 Å². The topological polar surface area (TPSA) is 52.4 Å². The molecule has 1 aromatic rings. The number of fused-ring (bicyclic) bond motifs is 1. The molecule has 2 rings (SSSR count). The molecule has 0 fully saturated rings. The molecular weight excluding hydrogens is 182 g/mol. The smallest absolute Gasteiger partial charge is 0.204 e. The van der Waals surface area contributed by atoms with Crippen LogP contribution in [0, 0.1) is 10.1 Å². The number of hydrogen-bond donors (Lipinski definition) is 0. The summed E-state index contributed by atoms with van der Waals surface area (Å²) in [7, 11) is 0. The standard InChI is InChI=1S/C10H11NO3/c12-11(13)6-5-8-7-14-10-4-2-1-3-9(8)10/h1-4,8H,5-7H2. The molecule has 0 aromatic heterocycles. The summed E-state index contributed by atoms with van der Waals surface area (Å²) in [5.74, 6) is 1.07. The maximum absolute atomic E-state index is 10.2. The second kappa shape index (κ2) is 3.65. The molecule has 1 aliphatic heterocycles. The summed E-state index contributed by atoms with van der Waals surface area (Å²) in [4.78, 5) is 9.96. The predicted octanol–water partition coefficient (Wildman–Crippen LogP) is 1.83. The molecule has 14 heavy (non-hydrogen) atoms. The van der Waals surface area contributed by atoms with Crippen LogP contribution < -0.4 is 4.74 Å². The molecule has 1 atom stereocenters. The van der Waals surface area contributed by atoms with E-state index < -0.39 is 0 Å². The fourth-order valence-corrected chi connectivity index (χ4v) is 1.73. The highest BCUT2D eigenvalue weighted by Gasteiger charge is 2.24. The molecule has 0 aliphatic carbocycles. The summed E-state index contributed by atoms with van der Waals surface area (Å²) in [6.45, 7) is 0.593. The third kappa shape index (κ3) is 1.69. The lowest BCUT2D eigenvalue weighted by Gasteiger charge is -2.03. The van der Waals surface area contributed by atoms with Crippen LogP contribution in [0.1, 0.15) is 17.9 Å².